The number of hydrogen-bond donors (Lipinski definition) is 0. The van der Waals surface area contributed by atoms with Crippen LogP contribution in [0.15, 0.2) is 24.3 Å². The van der Waals surface area contributed by atoms with Crippen LogP contribution in [-0.2, 0) is 9.53 Å². The number of ether oxygens (including phenoxy) is 2. The van der Waals surface area contributed by atoms with Crippen molar-refractivity contribution >= 4 is 12.4 Å². The maximum atomic E-state index is 10.2. The highest BCUT2D eigenvalue weighted by molar-refractivity contribution is 5.75. The minimum atomic E-state index is 0.119. The van der Waals surface area contributed by atoms with Crippen LogP contribution in [0.25, 0.3) is 6.08 Å². The summed E-state index contributed by atoms with van der Waals surface area (Å²) >= 11 is 0. The Bertz CT molecular complexity index is 432. The molecule has 0 aliphatic rings. The van der Waals surface area contributed by atoms with Gasteiger partial charge in [0, 0.05) is 12.7 Å². The van der Waals surface area contributed by atoms with E-state index in [0.717, 1.165) is 0 Å². The smallest absolute Gasteiger partial charge is 0.188 e. The number of methoxy groups -OCH3 is 1. The van der Waals surface area contributed by atoms with Gasteiger partial charge in [-0.25, -0.2) is 0 Å². The van der Waals surface area contributed by atoms with Gasteiger partial charge in [-0.1, -0.05) is 0 Å². The van der Waals surface area contributed by atoms with E-state index in [2.05, 4.69) is 0 Å². The van der Waals surface area contributed by atoms with Crippen molar-refractivity contribution in [2.75, 3.05) is 13.9 Å². The van der Waals surface area contributed by atoms with E-state index < -0.39 is 0 Å². The van der Waals surface area contributed by atoms with Crippen LogP contribution in [0.2, 0.25) is 0 Å². The first-order valence-electron chi connectivity index (χ1n) is 4.59. The summed E-state index contributed by atoms with van der Waals surface area (Å²) in [5, 5.41) is 8.75. The molecule has 4 nitrogen and oxygen atoms in total. The summed E-state index contributed by atoms with van der Waals surface area (Å²) < 4.78 is 10.1. The van der Waals surface area contributed by atoms with Crippen molar-refractivity contribution in [2.45, 2.75) is 0 Å². The van der Waals surface area contributed by atoms with E-state index in [9.17, 15) is 4.79 Å². The normalized spacial score (nSPS) is 10.0. The first-order valence-corrected chi connectivity index (χ1v) is 4.59. The highest BCUT2D eigenvalue weighted by Gasteiger charge is 2.02. The van der Waals surface area contributed by atoms with E-state index >= 15 is 0 Å². The molecule has 0 unspecified atom stereocenters. The maximum absolute atomic E-state index is 10.2. The molecule has 0 aliphatic carbocycles. The first kappa shape index (κ1) is 12.0. The van der Waals surface area contributed by atoms with Crippen molar-refractivity contribution in [1.29, 1.82) is 5.26 Å². The molecule has 0 saturated carbocycles. The quantitative estimate of drug-likeness (QED) is 0.428. The van der Waals surface area contributed by atoms with Crippen molar-refractivity contribution in [3.63, 3.8) is 0 Å². The molecule has 0 spiro atoms. The summed E-state index contributed by atoms with van der Waals surface area (Å²) in [6.07, 6.45) is 3.59. The number of nitriles is 1. The van der Waals surface area contributed by atoms with Crippen molar-refractivity contribution in [2.24, 2.45) is 0 Å². The minimum Gasteiger partial charge on any atom is -0.467 e. The zero-order chi connectivity index (χ0) is 11.8. The average molecular weight is 217 g/mol. The van der Waals surface area contributed by atoms with Crippen LogP contribution in [0.3, 0.4) is 0 Å². The van der Waals surface area contributed by atoms with E-state index in [-0.39, 0.29) is 6.79 Å². The molecule has 0 amide bonds. The minimum absolute atomic E-state index is 0.119. The lowest BCUT2D eigenvalue weighted by atomic mass is 10.1. The van der Waals surface area contributed by atoms with Crippen LogP contribution >= 0.6 is 0 Å². The van der Waals surface area contributed by atoms with Crippen molar-refractivity contribution in [3.05, 3.63) is 35.4 Å². The second-order valence-electron chi connectivity index (χ2n) is 2.91. The average Bonchev–Trinajstić information content (AvgIpc) is 2.34. The van der Waals surface area contributed by atoms with Gasteiger partial charge in [0.15, 0.2) is 6.79 Å². The fourth-order valence-electron chi connectivity index (χ4n) is 1.15. The predicted molar refractivity (Wildman–Crippen MR) is 58.8 cm³/mol. The molecule has 0 bridgehead atoms. The van der Waals surface area contributed by atoms with Gasteiger partial charge in [0.25, 0.3) is 0 Å². The van der Waals surface area contributed by atoms with Gasteiger partial charge in [0.05, 0.1) is 11.6 Å². The van der Waals surface area contributed by atoms with E-state index in [1.807, 2.05) is 6.07 Å². The third-order valence-electron chi connectivity index (χ3n) is 1.83. The third kappa shape index (κ3) is 3.23. The monoisotopic (exact) mass is 217 g/mol. The number of aldehydes is 1. The highest BCUT2D eigenvalue weighted by atomic mass is 16.7. The van der Waals surface area contributed by atoms with Gasteiger partial charge in [0.1, 0.15) is 12.0 Å². The summed E-state index contributed by atoms with van der Waals surface area (Å²) in [7, 11) is 1.52. The molecule has 16 heavy (non-hydrogen) atoms. The second-order valence-corrected chi connectivity index (χ2v) is 2.91. The van der Waals surface area contributed by atoms with Gasteiger partial charge in [-0.2, -0.15) is 5.26 Å². The molecule has 82 valence electrons. The fourth-order valence-corrected chi connectivity index (χ4v) is 1.15. The van der Waals surface area contributed by atoms with E-state index in [1.165, 1.54) is 13.2 Å². The Kier molecular flexibility index (Phi) is 4.77. The SMILES string of the molecule is COCOc1ccc(C#N)cc1C=CC=O. The molecule has 0 aromatic heterocycles. The highest BCUT2D eigenvalue weighted by Crippen LogP contribution is 2.21. The predicted octanol–water partition coefficient (Wildman–Crippen LogP) is 1.75. The fraction of sp³-hybridized carbons (Fsp3) is 0.167. The number of carbonyl (C=O) groups is 1. The van der Waals surface area contributed by atoms with Gasteiger partial charge in [0.2, 0.25) is 0 Å². The molecule has 1 aromatic carbocycles. The number of nitrogens with zero attached hydrogens (tertiary/aromatic N) is 1. The molecule has 0 fully saturated rings. The zero-order valence-electron chi connectivity index (χ0n) is 8.84. The summed E-state index contributed by atoms with van der Waals surface area (Å²) in [4.78, 5) is 10.2. The maximum Gasteiger partial charge on any atom is 0.188 e. The topological polar surface area (TPSA) is 59.3 Å². The Labute approximate surface area is 93.7 Å². The number of carbonyl (C=O) groups excluding carboxylic acids is 1. The summed E-state index contributed by atoms with van der Waals surface area (Å²) in [6.45, 7) is 0.119. The second kappa shape index (κ2) is 6.38. The van der Waals surface area contributed by atoms with E-state index in [1.54, 1.807) is 24.3 Å². The Morgan fingerprint density at radius 2 is 2.31 bits per heavy atom. The van der Waals surface area contributed by atoms with Crippen molar-refractivity contribution in [1.82, 2.24) is 0 Å². The van der Waals surface area contributed by atoms with Crippen molar-refractivity contribution in [3.8, 4) is 11.8 Å². The van der Waals surface area contributed by atoms with Crippen LogP contribution in [0.1, 0.15) is 11.1 Å². The molecule has 4 heteroatoms. The number of hydrogen-bond acceptors (Lipinski definition) is 4. The largest absolute Gasteiger partial charge is 0.467 e. The Morgan fingerprint density at radius 3 is 2.94 bits per heavy atom. The standard InChI is InChI=1S/C12H11NO3/c1-15-9-16-12-5-4-10(8-13)7-11(12)3-2-6-14/h2-7H,9H2,1H3. The lowest BCUT2D eigenvalue weighted by Gasteiger charge is -2.07. The number of benzene rings is 1. The van der Waals surface area contributed by atoms with E-state index in [4.69, 9.17) is 14.7 Å². The molecule has 0 atom stereocenters. The van der Waals surface area contributed by atoms with Crippen LogP contribution in [0.5, 0.6) is 5.75 Å². The lowest BCUT2D eigenvalue weighted by molar-refractivity contribution is -0.104. The molecule has 0 N–H and O–H groups in total. The summed E-state index contributed by atoms with van der Waals surface area (Å²) in [6, 6.07) is 6.97. The van der Waals surface area contributed by atoms with Crippen LogP contribution in [-0.4, -0.2) is 20.2 Å². The molecule has 1 rings (SSSR count). The lowest BCUT2D eigenvalue weighted by Crippen LogP contribution is -2.00. The molecule has 0 radical (unpaired) electrons. The van der Waals surface area contributed by atoms with Gasteiger partial charge in [-0.05, 0) is 30.4 Å². The van der Waals surface area contributed by atoms with Gasteiger partial charge >= 0.3 is 0 Å². The number of allylic oxidation sites excluding steroid dienone is 1. The van der Waals surface area contributed by atoms with Crippen LogP contribution in [0, 0.1) is 11.3 Å². The summed E-state index contributed by atoms with van der Waals surface area (Å²) in [5.74, 6) is 0.568. The molecular weight excluding hydrogens is 206 g/mol. The molecule has 0 aliphatic heterocycles. The summed E-state index contributed by atoms with van der Waals surface area (Å²) in [5.41, 5.74) is 1.18. The van der Waals surface area contributed by atoms with Gasteiger partial charge in [-0.3, -0.25) is 4.79 Å². The van der Waals surface area contributed by atoms with Crippen LogP contribution < -0.4 is 4.74 Å². The van der Waals surface area contributed by atoms with E-state index in [0.29, 0.717) is 23.2 Å². The Morgan fingerprint density at radius 1 is 1.50 bits per heavy atom. The number of rotatable bonds is 5. The first-order chi connectivity index (χ1) is 7.81. The Hall–Kier alpha value is -2.12. The van der Waals surface area contributed by atoms with Gasteiger partial charge in [-0.15, -0.1) is 0 Å². The zero-order valence-corrected chi connectivity index (χ0v) is 8.84. The third-order valence-corrected chi connectivity index (χ3v) is 1.83. The van der Waals surface area contributed by atoms with Crippen LogP contribution in [0.4, 0.5) is 0 Å². The molecule has 0 saturated heterocycles. The Balaban J connectivity index is 3.01. The van der Waals surface area contributed by atoms with Crippen molar-refractivity contribution < 1.29 is 14.3 Å². The molecule has 1 aromatic rings. The van der Waals surface area contributed by atoms with Gasteiger partial charge < -0.3 is 9.47 Å². The molecular formula is C12H11NO3. The molecule has 0 heterocycles.